The fourth-order valence-corrected chi connectivity index (χ4v) is 3.45. The van der Waals surface area contributed by atoms with Crippen LogP contribution < -0.4 is 4.90 Å². The number of hydrogen-bond donors (Lipinski definition) is 0. The lowest BCUT2D eigenvalue weighted by Crippen LogP contribution is -2.41. The highest BCUT2D eigenvalue weighted by atomic mass is 16.7. The van der Waals surface area contributed by atoms with E-state index in [1.54, 1.807) is 0 Å². The maximum absolute atomic E-state index is 12.9. The van der Waals surface area contributed by atoms with E-state index < -0.39 is 0 Å². The molecule has 1 fully saturated rings. The Morgan fingerprint density at radius 2 is 1.83 bits per heavy atom. The van der Waals surface area contributed by atoms with E-state index in [2.05, 4.69) is 40.7 Å². The number of amides is 1. The molecule has 2 heterocycles. The first kappa shape index (κ1) is 17.5. The Balaban J connectivity index is 1.70. The molecule has 0 aromatic heterocycles. The van der Waals surface area contributed by atoms with E-state index in [-0.39, 0.29) is 30.0 Å². The summed E-state index contributed by atoms with van der Waals surface area (Å²) in [6, 6.07) is 8.17. The summed E-state index contributed by atoms with van der Waals surface area (Å²) in [5, 5.41) is 0. The van der Waals surface area contributed by atoms with Gasteiger partial charge in [-0.05, 0) is 45.7 Å². The van der Waals surface area contributed by atoms with Crippen LogP contribution in [0.15, 0.2) is 24.3 Å². The first-order chi connectivity index (χ1) is 11.2. The van der Waals surface area contributed by atoms with Crippen molar-refractivity contribution in [2.24, 2.45) is 0 Å². The van der Waals surface area contributed by atoms with Crippen LogP contribution in [-0.4, -0.2) is 30.8 Å². The minimum Gasteiger partial charge on any atom is -0.403 e. The Kier molecular flexibility index (Phi) is 4.52. The molecule has 3 rings (SSSR count). The number of rotatable bonds is 4. The Hall–Kier alpha value is -1.33. The number of para-hydroxylation sites is 1. The molecular weight excluding hydrogens is 301 g/mol. The molecule has 0 N–H and O–H groups in total. The lowest BCUT2D eigenvalue weighted by Gasteiger charge is -2.32. The van der Waals surface area contributed by atoms with Crippen LogP contribution in [0.5, 0.6) is 0 Å². The van der Waals surface area contributed by atoms with Crippen molar-refractivity contribution in [3.8, 4) is 0 Å². The number of anilines is 1. The van der Waals surface area contributed by atoms with Crippen molar-refractivity contribution in [1.29, 1.82) is 0 Å². The number of benzene rings is 1. The minimum absolute atomic E-state index is 0.0753. The van der Waals surface area contributed by atoms with Gasteiger partial charge in [-0.15, -0.1) is 0 Å². The predicted octanol–water partition coefficient (Wildman–Crippen LogP) is 3.84. The molecule has 0 bridgehead atoms. The van der Waals surface area contributed by atoms with Gasteiger partial charge in [0.15, 0.2) is 0 Å². The molecule has 0 radical (unpaired) electrons. The summed E-state index contributed by atoms with van der Waals surface area (Å²) in [6.07, 6.45) is 2.26. The van der Waals surface area contributed by atoms with Crippen LogP contribution in [0, 0.1) is 0 Å². The average molecular weight is 329 g/mol. The van der Waals surface area contributed by atoms with Gasteiger partial charge in [0, 0.05) is 24.5 Å². The van der Waals surface area contributed by atoms with Gasteiger partial charge in [0.1, 0.15) is 0 Å². The van der Waals surface area contributed by atoms with E-state index >= 15 is 0 Å². The Labute approximate surface area is 145 Å². The Bertz CT molecular complexity index is 613. The molecule has 4 nitrogen and oxygen atoms in total. The second-order valence-corrected chi connectivity index (χ2v) is 7.92. The van der Waals surface area contributed by atoms with E-state index in [0.29, 0.717) is 6.42 Å². The normalized spacial score (nSPS) is 22.5. The third-order valence-electron chi connectivity index (χ3n) is 5.81. The molecular formula is C19H28BNO3. The van der Waals surface area contributed by atoms with Gasteiger partial charge in [-0.3, -0.25) is 4.79 Å². The summed E-state index contributed by atoms with van der Waals surface area (Å²) in [4.78, 5) is 14.8. The highest BCUT2D eigenvalue weighted by molar-refractivity contribution is 6.48. The SMILES string of the molecule is CCC(CC(=O)N1CCc2ccccc21)B1OC(C)(C)C(C)(C)O1. The molecule has 1 atom stereocenters. The second kappa shape index (κ2) is 6.19. The van der Waals surface area contributed by atoms with Crippen LogP contribution in [0.1, 0.15) is 53.0 Å². The van der Waals surface area contributed by atoms with Gasteiger partial charge in [0.2, 0.25) is 5.91 Å². The van der Waals surface area contributed by atoms with Gasteiger partial charge in [0.05, 0.1) is 11.2 Å². The molecule has 1 amide bonds. The molecule has 1 aromatic carbocycles. The van der Waals surface area contributed by atoms with E-state index in [1.807, 2.05) is 23.1 Å². The van der Waals surface area contributed by atoms with Gasteiger partial charge in [0.25, 0.3) is 0 Å². The molecule has 5 heteroatoms. The first-order valence-corrected chi connectivity index (χ1v) is 8.99. The minimum atomic E-state index is -0.353. The number of hydrogen-bond acceptors (Lipinski definition) is 3. The lowest BCUT2D eigenvalue weighted by molar-refractivity contribution is -0.118. The van der Waals surface area contributed by atoms with Crippen LogP contribution in [0.3, 0.4) is 0 Å². The van der Waals surface area contributed by atoms with E-state index in [4.69, 9.17) is 9.31 Å². The topological polar surface area (TPSA) is 38.8 Å². The van der Waals surface area contributed by atoms with Gasteiger partial charge in [-0.25, -0.2) is 0 Å². The smallest absolute Gasteiger partial charge is 0.403 e. The summed E-state index contributed by atoms with van der Waals surface area (Å²) < 4.78 is 12.3. The van der Waals surface area contributed by atoms with E-state index in [1.165, 1.54) is 5.56 Å². The number of fused-ring (bicyclic) bond motifs is 1. The number of carbonyl (C=O) groups excluding carboxylic acids is 1. The Morgan fingerprint density at radius 3 is 2.46 bits per heavy atom. The van der Waals surface area contributed by atoms with Crippen molar-refractivity contribution < 1.29 is 14.1 Å². The quantitative estimate of drug-likeness (QED) is 0.788. The van der Waals surface area contributed by atoms with Gasteiger partial charge in [-0.2, -0.15) is 0 Å². The van der Waals surface area contributed by atoms with Crippen molar-refractivity contribution in [3.63, 3.8) is 0 Å². The molecule has 1 unspecified atom stereocenters. The van der Waals surface area contributed by atoms with Crippen molar-refractivity contribution >= 4 is 18.7 Å². The molecule has 1 aromatic rings. The summed E-state index contributed by atoms with van der Waals surface area (Å²) in [5.41, 5.74) is 1.61. The van der Waals surface area contributed by atoms with Gasteiger partial charge < -0.3 is 14.2 Å². The van der Waals surface area contributed by atoms with Crippen molar-refractivity contribution in [1.82, 2.24) is 0 Å². The zero-order valence-electron chi connectivity index (χ0n) is 15.5. The van der Waals surface area contributed by atoms with Crippen LogP contribution in [0.2, 0.25) is 5.82 Å². The van der Waals surface area contributed by atoms with Crippen LogP contribution in [-0.2, 0) is 20.5 Å². The molecule has 1 saturated heterocycles. The largest absolute Gasteiger partial charge is 0.461 e. The third kappa shape index (κ3) is 3.00. The number of nitrogens with zero attached hydrogens (tertiary/aromatic N) is 1. The third-order valence-corrected chi connectivity index (χ3v) is 5.81. The fraction of sp³-hybridized carbons (Fsp3) is 0.632. The van der Waals surface area contributed by atoms with Gasteiger partial charge >= 0.3 is 7.12 Å². The molecule has 0 saturated carbocycles. The number of carbonyl (C=O) groups is 1. The standard InChI is InChI=1S/C19H28BNO3/c1-6-15(20-23-18(2,3)19(4,5)24-20)13-17(22)21-12-11-14-9-7-8-10-16(14)21/h7-10,15H,6,11-13H2,1-5H3. The van der Waals surface area contributed by atoms with Crippen molar-refractivity contribution in [2.75, 3.05) is 11.4 Å². The maximum atomic E-state index is 12.9. The fourth-order valence-electron chi connectivity index (χ4n) is 3.45. The average Bonchev–Trinajstić information content (AvgIpc) is 3.03. The van der Waals surface area contributed by atoms with Crippen LogP contribution in [0.25, 0.3) is 0 Å². The van der Waals surface area contributed by atoms with Crippen LogP contribution in [0.4, 0.5) is 5.69 Å². The molecule has 2 aliphatic rings. The van der Waals surface area contributed by atoms with Gasteiger partial charge in [-0.1, -0.05) is 31.5 Å². The predicted molar refractivity (Wildman–Crippen MR) is 97.2 cm³/mol. The second-order valence-electron chi connectivity index (χ2n) is 7.92. The Morgan fingerprint density at radius 1 is 1.21 bits per heavy atom. The zero-order chi connectivity index (χ0) is 17.5. The molecule has 0 aliphatic carbocycles. The highest BCUT2D eigenvalue weighted by Crippen LogP contribution is 2.42. The van der Waals surface area contributed by atoms with Crippen LogP contribution >= 0.6 is 0 Å². The summed E-state index contributed by atoms with van der Waals surface area (Å²) in [7, 11) is -0.318. The molecule has 2 aliphatic heterocycles. The van der Waals surface area contributed by atoms with Crippen molar-refractivity contribution in [3.05, 3.63) is 29.8 Å². The monoisotopic (exact) mass is 329 g/mol. The summed E-state index contributed by atoms with van der Waals surface area (Å²) in [6.45, 7) is 11.1. The zero-order valence-corrected chi connectivity index (χ0v) is 15.5. The first-order valence-electron chi connectivity index (χ1n) is 8.99. The molecule has 130 valence electrons. The van der Waals surface area contributed by atoms with E-state index in [0.717, 1.165) is 25.1 Å². The van der Waals surface area contributed by atoms with Crippen molar-refractivity contribution in [2.45, 2.75) is 70.9 Å². The maximum Gasteiger partial charge on any atom is 0.461 e. The summed E-state index contributed by atoms with van der Waals surface area (Å²) in [5.74, 6) is 0.243. The molecule has 0 spiro atoms. The lowest BCUT2D eigenvalue weighted by atomic mass is 9.68. The molecule has 24 heavy (non-hydrogen) atoms. The van der Waals surface area contributed by atoms with E-state index in [9.17, 15) is 4.79 Å². The summed E-state index contributed by atoms with van der Waals surface area (Å²) >= 11 is 0. The highest BCUT2D eigenvalue weighted by Gasteiger charge is 2.53.